The number of hydrazone groups is 1. The average molecular weight is 371 g/mol. The minimum absolute atomic E-state index is 0.190. The van der Waals surface area contributed by atoms with Crippen molar-refractivity contribution in [1.29, 1.82) is 0 Å². The second-order valence-corrected chi connectivity index (χ2v) is 6.30. The van der Waals surface area contributed by atoms with Gasteiger partial charge in [-0.25, -0.2) is 5.01 Å². The first-order valence-corrected chi connectivity index (χ1v) is 8.94. The summed E-state index contributed by atoms with van der Waals surface area (Å²) in [4.78, 5) is 25.3. The number of hydrogen-bond acceptors (Lipinski definition) is 3. The maximum Gasteiger partial charge on any atom is 0.274 e. The van der Waals surface area contributed by atoms with E-state index in [0.717, 1.165) is 11.1 Å². The molecule has 3 aromatic rings. The van der Waals surface area contributed by atoms with Gasteiger partial charge in [-0.15, -0.1) is 0 Å². The molecular weight excluding hydrogens is 350 g/mol. The summed E-state index contributed by atoms with van der Waals surface area (Å²) in [7, 11) is 0. The molecule has 1 N–H and O–H groups in total. The van der Waals surface area contributed by atoms with E-state index in [1.165, 1.54) is 5.01 Å². The van der Waals surface area contributed by atoms with Crippen molar-refractivity contribution in [2.24, 2.45) is 5.10 Å². The minimum atomic E-state index is -0.341. The number of hydrogen-bond donors (Lipinski definition) is 1. The van der Waals surface area contributed by atoms with Gasteiger partial charge in [0.2, 0.25) is 5.91 Å². The number of nitrogens with one attached hydrogen (secondary N) is 1. The summed E-state index contributed by atoms with van der Waals surface area (Å²) in [6.07, 6.45) is 1.57. The molecule has 3 rings (SSSR count). The van der Waals surface area contributed by atoms with Crippen molar-refractivity contribution in [1.82, 2.24) is 5.01 Å². The van der Waals surface area contributed by atoms with Gasteiger partial charge in [0.15, 0.2) is 0 Å². The lowest BCUT2D eigenvalue weighted by atomic mass is 10.2. The van der Waals surface area contributed by atoms with E-state index in [2.05, 4.69) is 10.4 Å². The Bertz CT molecular complexity index is 952. The summed E-state index contributed by atoms with van der Waals surface area (Å²) in [5.74, 6) is -0.662. The first-order valence-electron chi connectivity index (χ1n) is 8.94. The first-order chi connectivity index (χ1) is 13.6. The number of carbonyl (C=O) groups excluding carboxylic acids is 2. The van der Waals surface area contributed by atoms with E-state index in [4.69, 9.17) is 0 Å². The third-order valence-corrected chi connectivity index (χ3v) is 4.03. The lowest BCUT2D eigenvalue weighted by Crippen LogP contribution is -2.34. The SMILES string of the molecule is Cc1ccc(NC(=O)CN(N=Cc2ccccc2)C(=O)c2ccccc2)cc1. The highest BCUT2D eigenvalue weighted by atomic mass is 16.2. The van der Waals surface area contributed by atoms with Crippen LogP contribution in [0.5, 0.6) is 0 Å². The van der Waals surface area contributed by atoms with Crippen LogP contribution >= 0.6 is 0 Å². The number of carbonyl (C=O) groups is 2. The number of amides is 2. The van der Waals surface area contributed by atoms with Gasteiger partial charge >= 0.3 is 0 Å². The third-order valence-electron chi connectivity index (χ3n) is 4.03. The molecule has 0 aliphatic carbocycles. The fourth-order valence-electron chi connectivity index (χ4n) is 2.54. The molecule has 0 fully saturated rings. The lowest BCUT2D eigenvalue weighted by Gasteiger charge is -2.17. The van der Waals surface area contributed by atoms with E-state index in [1.807, 2.05) is 67.6 Å². The zero-order chi connectivity index (χ0) is 19.8. The van der Waals surface area contributed by atoms with Crippen LogP contribution < -0.4 is 5.32 Å². The molecule has 3 aromatic carbocycles. The fourth-order valence-corrected chi connectivity index (χ4v) is 2.54. The maximum atomic E-state index is 12.8. The van der Waals surface area contributed by atoms with E-state index in [1.54, 1.807) is 30.5 Å². The normalized spacial score (nSPS) is 10.6. The van der Waals surface area contributed by atoms with Gasteiger partial charge in [-0.05, 0) is 36.8 Å². The van der Waals surface area contributed by atoms with Crippen LogP contribution in [-0.4, -0.2) is 29.6 Å². The predicted octanol–water partition coefficient (Wildman–Crippen LogP) is 4.11. The van der Waals surface area contributed by atoms with Crippen LogP contribution in [0.1, 0.15) is 21.5 Å². The molecule has 0 atom stereocenters. The van der Waals surface area contributed by atoms with Crippen LogP contribution in [0.3, 0.4) is 0 Å². The minimum Gasteiger partial charge on any atom is -0.324 e. The van der Waals surface area contributed by atoms with E-state index in [-0.39, 0.29) is 18.4 Å². The van der Waals surface area contributed by atoms with Crippen molar-refractivity contribution in [3.8, 4) is 0 Å². The third kappa shape index (κ3) is 5.38. The number of nitrogens with zero attached hydrogens (tertiary/aromatic N) is 2. The smallest absolute Gasteiger partial charge is 0.274 e. The standard InChI is InChI=1S/C23H21N3O2/c1-18-12-14-21(15-13-18)25-22(27)17-26(23(28)20-10-6-3-7-11-20)24-16-19-8-4-2-5-9-19/h2-16H,17H2,1H3,(H,25,27). The van der Waals surface area contributed by atoms with Crippen LogP contribution in [0.25, 0.3) is 0 Å². The molecule has 0 aliphatic rings. The summed E-state index contributed by atoms with van der Waals surface area (Å²) in [5.41, 5.74) is 3.09. The molecule has 28 heavy (non-hydrogen) atoms. The molecule has 2 amide bonds. The summed E-state index contributed by atoms with van der Waals surface area (Å²) < 4.78 is 0. The Kier molecular flexibility index (Phi) is 6.31. The molecule has 140 valence electrons. The zero-order valence-corrected chi connectivity index (χ0v) is 15.6. The van der Waals surface area contributed by atoms with Crippen molar-refractivity contribution in [3.05, 3.63) is 102 Å². The van der Waals surface area contributed by atoms with Gasteiger partial charge in [-0.3, -0.25) is 9.59 Å². The van der Waals surface area contributed by atoms with Crippen molar-refractivity contribution in [2.75, 3.05) is 11.9 Å². The van der Waals surface area contributed by atoms with Gasteiger partial charge in [0.25, 0.3) is 5.91 Å². The second-order valence-electron chi connectivity index (χ2n) is 6.30. The summed E-state index contributed by atoms with van der Waals surface area (Å²) in [6.45, 7) is 1.79. The Morgan fingerprint density at radius 1 is 0.893 bits per heavy atom. The van der Waals surface area contributed by atoms with E-state index < -0.39 is 0 Å². The molecule has 0 bridgehead atoms. The Morgan fingerprint density at radius 2 is 1.50 bits per heavy atom. The van der Waals surface area contributed by atoms with Crippen molar-refractivity contribution in [3.63, 3.8) is 0 Å². The molecule has 0 saturated heterocycles. The van der Waals surface area contributed by atoms with Crippen LogP contribution in [0.15, 0.2) is 90.0 Å². The highest BCUT2D eigenvalue weighted by molar-refractivity contribution is 5.99. The summed E-state index contributed by atoms with van der Waals surface area (Å²) in [6, 6.07) is 25.7. The van der Waals surface area contributed by atoms with Gasteiger partial charge in [0.05, 0.1) is 6.21 Å². The Morgan fingerprint density at radius 3 is 2.14 bits per heavy atom. The highest BCUT2D eigenvalue weighted by Gasteiger charge is 2.18. The summed E-state index contributed by atoms with van der Waals surface area (Å²) in [5, 5.41) is 8.23. The second kappa shape index (κ2) is 9.28. The van der Waals surface area contributed by atoms with Gasteiger partial charge in [-0.1, -0.05) is 66.2 Å². The van der Waals surface area contributed by atoms with E-state index in [9.17, 15) is 9.59 Å². The van der Waals surface area contributed by atoms with Crippen LogP contribution in [-0.2, 0) is 4.79 Å². The molecule has 0 aliphatic heterocycles. The monoisotopic (exact) mass is 371 g/mol. The highest BCUT2D eigenvalue weighted by Crippen LogP contribution is 2.10. The van der Waals surface area contributed by atoms with Crippen LogP contribution in [0.4, 0.5) is 5.69 Å². The van der Waals surface area contributed by atoms with Crippen LogP contribution in [0, 0.1) is 6.92 Å². The molecule has 0 aromatic heterocycles. The van der Waals surface area contributed by atoms with Crippen molar-refractivity contribution < 1.29 is 9.59 Å². The van der Waals surface area contributed by atoms with E-state index in [0.29, 0.717) is 11.3 Å². The Balaban J connectivity index is 1.77. The quantitative estimate of drug-likeness (QED) is 0.524. The van der Waals surface area contributed by atoms with Crippen molar-refractivity contribution in [2.45, 2.75) is 6.92 Å². The topological polar surface area (TPSA) is 61.8 Å². The predicted molar refractivity (Wildman–Crippen MR) is 111 cm³/mol. The molecule has 0 spiro atoms. The number of benzene rings is 3. The molecule has 5 nitrogen and oxygen atoms in total. The number of anilines is 1. The summed E-state index contributed by atoms with van der Waals surface area (Å²) >= 11 is 0. The van der Waals surface area contributed by atoms with Gasteiger partial charge in [0.1, 0.15) is 6.54 Å². The van der Waals surface area contributed by atoms with Crippen molar-refractivity contribution >= 4 is 23.7 Å². The van der Waals surface area contributed by atoms with Gasteiger partial charge in [0, 0.05) is 11.3 Å². The lowest BCUT2D eigenvalue weighted by molar-refractivity contribution is -0.116. The fraction of sp³-hybridized carbons (Fsp3) is 0.0870. The molecule has 0 unspecified atom stereocenters. The molecule has 0 saturated carbocycles. The molecule has 0 heterocycles. The van der Waals surface area contributed by atoms with Gasteiger partial charge < -0.3 is 5.32 Å². The largest absolute Gasteiger partial charge is 0.324 e. The molecule has 5 heteroatoms. The number of aryl methyl sites for hydroxylation is 1. The van der Waals surface area contributed by atoms with Crippen LogP contribution in [0.2, 0.25) is 0 Å². The van der Waals surface area contributed by atoms with E-state index >= 15 is 0 Å². The Labute approximate surface area is 164 Å². The first kappa shape index (κ1) is 19.0. The average Bonchev–Trinajstić information content (AvgIpc) is 2.73. The zero-order valence-electron chi connectivity index (χ0n) is 15.6. The van der Waals surface area contributed by atoms with Gasteiger partial charge in [-0.2, -0.15) is 5.10 Å². The maximum absolute atomic E-state index is 12.8. The molecule has 0 radical (unpaired) electrons. The Hall–Kier alpha value is -3.73. The number of rotatable bonds is 6. The molecular formula is C23H21N3O2.